The van der Waals surface area contributed by atoms with Gasteiger partial charge in [0.25, 0.3) is 5.91 Å². The van der Waals surface area contributed by atoms with Crippen molar-refractivity contribution < 1.29 is 27.1 Å². The molecule has 1 amide bonds. The van der Waals surface area contributed by atoms with Crippen LogP contribution in [0.2, 0.25) is 0 Å². The molecule has 0 aromatic heterocycles. The van der Waals surface area contributed by atoms with E-state index in [0.29, 0.717) is 0 Å². The lowest BCUT2D eigenvalue weighted by molar-refractivity contribution is -0.137. The zero-order chi connectivity index (χ0) is 16.3. The van der Waals surface area contributed by atoms with E-state index in [1.165, 1.54) is 13.2 Å². The third-order valence-corrected chi connectivity index (χ3v) is 2.88. The van der Waals surface area contributed by atoms with E-state index in [9.17, 15) is 22.4 Å². The van der Waals surface area contributed by atoms with Crippen LogP contribution >= 0.6 is 0 Å². The average Bonchev–Trinajstić information content (AvgIpc) is 2.46. The van der Waals surface area contributed by atoms with Gasteiger partial charge in [-0.15, -0.1) is 0 Å². The van der Waals surface area contributed by atoms with Crippen molar-refractivity contribution in [1.82, 2.24) is 0 Å². The number of ether oxygens (including phenoxy) is 1. The lowest BCUT2D eigenvalue weighted by Crippen LogP contribution is -2.14. The molecule has 22 heavy (non-hydrogen) atoms. The van der Waals surface area contributed by atoms with Crippen molar-refractivity contribution in [3.8, 4) is 5.75 Å². The summed E-state index contributed by atoms with van der Waals surface area (Å²) in [7, 11) is 1.32. The van der Waals surface area contributed by atoms with E-state index in [0.717, 1.165) is 36.4 Å². The van der Waals surface area contributed by atoms with Crippen LogP contribution in [0.15, 0.2) is 42.5 Å². The number of hydrogen-bond donors (Lipinski definition) is 1. The molecule has 0 spiro atoms. The molecule has 2 aromatic rings. The number of methoxy groups -OCH3 is 1. The van der Waals surface area contributed by atoms with Crippen molar-refractivity contribution >= 4 is 11.6 Å². The van der Waals surface area contributed by atoms with Gasteiger partial charge in [0.05, 0.1) is 18.2 Å². The lowest BCUT2D eigenvalue weighted by atomic mass is 10.1. The molecule has 7 heteroatoms. The summed E-state index contributed by atoms with van der Waals surface area (Å²) in [6.45, 7) is 0. The molecule has 0 fully saturated rings. The maximum Gasteiger partial charge on any atom is 0.416 e. The molecule has 0 bridgehead atoms. The van der Waals surface area contributed by atoms with Crippen molar-refractivity contribution in [2.45, 2.75) is 6.18 Å². The molecule has 3 nitrogen and oxygen atoms in total. The molecule has 2 rings (SSSR count). The molecule has 0 saturated heterocycles. The summed E-state index contributed by atoms with van der Waals surface area (Å²) in [5.41, 5.74) is -0.722. The number of anilines is 1. The van der Waals surface area contributed by atoms with Gasteiger partial charge in [0.1, 0.15) is 11.6 Å². The second-order valence-corrected chi connectivity index (χ2v) is 4.37. The van der Waals surface area contributed by atoms with E-state index >= 15 is 0 Å². The number of carbonyl (C=O) groups is 1. The largest absolute Gasteiger partial charge is 0.496 e. The van der Waals surface area contributed by atoms with Gasteiger partial charge >= 0.3 is 6.18 Å². The summed E-state index contributed by atoms with van der Waals surface area (Å²) in [5.74, 6) is -1.15. The number of nitrogens with one attached hydrogen (secondary N) is 1. The third-order valence-electron chi connectivity index (χ3n) is 2.88. The summed E-state index contributed by atoms with van der Waals surface area (Å²) < 4.78 is 55.5. The molecular formula is C15H11F4NO2. The van der Waals surface area contributed by atoms with Crippen molar-refractivity contribution in [1.29, 1.82) is 0 Å². The predicted molar refractivity (Wildman–Crippen MR) is 72.3 cm³/mol. The molecule has 2 aromatic carbocycles. The van der Waals surface area contributed by atoms with Gasteiger partial charge in [0.2, 0.25) is 0 Å². The van der Waals surface area contributed by atoms with E-state index in [-0.39, 0.29) is 17.0 Å². The smallest absolute Gasteiger partial charge is 0.416 e. The highest BCUT2D eigenvalue weighted by Crippen LogP contribution is 2.30. The first kappa shape index (κ1) is 15.8. The molecule has 0 atom stereocenters. The standard InChI is InChI=1S/C15H11F4NO2/c1-22-13-7-4-10(16)8-12(13)14(21)20-11-5-2-9(3-6-11)15(17,18)19/h2-8H,1H3,(H,20,21). The molecule has 0 saturated carbocycles. The van der Waals surface area contributed by atoms with Gasteiger partial charge in [-0.25, -0.2) is 4.39 Å². The Hall–Kier alpha value is -2.57. The summed E-state index contributed by atoms with van der Waals surface area (Å²) >= 11 is 0. The van der Waals surface area contributed by atoms with E-state index < -0.39 is 23.5 Å². The van der Waals surface area contributed by atoms with Crippen LogP contribution in [0.1, 0.15) is 15.9 Å². The van der Waals surface area contributed by atoms with E-state index in [2.05, 4.69) is 5.32 Å². The Morgan fingerprint density at radius 2 is 1.73 bits per heavy atom. The van der Waals surface area contributed by atoms with Crippen LogP contribution in [0, 0.1) is 5.82 Å². The summed E-state index contributed by atoms with van der Waals surface area (Å²) in [6.07, 6.45) is -4.45. The average molecular weight is 313 g/mol. The zero-order valence-electron chi connectivity index (χ0n) is 11.4. The molecule has 0 unspecified atom stereocenters. The minimum atomic E-state index is -4.45. The van der Waals surface area contributed by atoms with Crippen molar-refractivity contribution in [2.24, 2.45) is 0 Å². The number of benzene rings is 2. The second-order valence-electron chi connectivity index (χ2n) is 4.37. The highest BCUT2D eigenvalue weighted by atomic mass is 19.4. The van der Waals surface area contributed by atoms with Gasteiger partial charge in [0, 0.05) is 5.69 Å². The Labute approximate surface area is 123 Å². The first-order valence-electron chi connectivity index (χ1n) is 6.13. The maximum atomic E-state index is 13.2. The fourth-order valence-electron chi connectivity index (χ4n) is 1.80. The summed E-state index contributed by atoms with van der Waals surface area (Å²) in [4.78, 5) is 12.0. The van der Waals surface area contributed by atoms with E-state index in [1.807, 2.05) is 0 Å². The lowest BCUT2D eigenvalue weighted by Gasteiger charge is -2.11. The molecular weight excluding hydrogens is 302 g/mol. The Morgan fingerprint density at radius 3 is 2.27 bits per heavy atom. The molecule has 0 aliphatic rings. The van der Waals surface area contributed by atoms with E-state index in [4.69, 9.17) is 4.74 Å². The summed E-state index contributed by atoms with van der Waals surface area (Å²) in [6, 6.07) is 7.33. The van der Waals surface area contributed by atoms with Crippen molar-refractivity contribution in [3.05, 3.63) is 59.4 Å². The Balaban J connectivity index is 2.20. The monoisotopic (exact) mass is 313 g/mol. The minimum Gasteiger partial charge on any atom is -0.496 e. The number of carbonyl (C=O) groups excluding carboxylic acids is 1. The van der Waals surface area contributed by atoms with Gasteiger partial charge in [-0.05, 0) is 42.5 Å². The number of rotatable bonds is 3. The van der Waals surface area contributed by atoms with Crippen LogP contribution in [0.3, 0.4) is 0 Å². The van der Waals surface area contributed by atoms with Crippen LogP contribution in [-0.2, 0) is 6.18 Å². The maximum absolute atomic E-state index is 13.2. The molecule has 0 aliphatic heterocycles. The predicted octanol–water partition coefficient (Wildman–Crippen LogP) is 4.11. The topological polar surface area (TPSA) is 38.3 Å². The van der Waals surface area contributed by atoms with Crippen LogP contribution < -0.4 is 10.1 Å². The van der Waals surface area contributed by atoms with Crippen LogP contribution in [-0.4, -0.2) is 13.0 Å². The fourth-order valence-corrected chi connectivity index (χ4v) is 1.80. The summed E-state index contributed by atoms with van der Waals surface area (Å²) in [5, 5.41) is 2.39. The SMILES string of the molecule is COc1ccc(F)cc1C(=O)Nc1ccc(C(F)(F)F)cc1. The third kappa shape index (κ3) is 3.55. The molecule has 0 heterocycles. The Bertz CT molecular complexity index is 681. The van der Waals surface area contributed by atoms with Crippen molar-refractivity contribution in [2.75, 3.05) is 12.4 Å². The Morgan fingerprint density at radius 1 is 1.09 bits per heavy atom. The van der Waals surface area contributed by atoms with Gasteiger partial charge in [-0.1, -0.05) is 0 Å². The van der Waals surface area contributed by atoms with Gasteiger partial charge in [-0.2, -0.15) is 13.2 Å². The number of hydrogen-bond acceptors (Lipinski definition) is 2. The zero-order valence-corrected chi connectivity index (χ0v) is 11.4. The normalized spacial score (nSPS) is 11.1. The van der Waals surface area contributed by atoms with Gasteiger partial charge in [0.15, 0.2) is 0 Å². The second kappa shape index (κ2) is 6.05. The fraction of sp³-hybridized carbons (Fsp3) is 0.133. The van der Waals surface area contributed by atoms with Crippen LogP contribution in [0.25, 0.3) is 0 Å². The minimum absolute atomic E-state index is 0.0533. The van der Waals surface area contributed by atoms with Crippen LogP contribution in [0.4, 0.5) is 23.2 Å². The molecule has 1 N–H and O–H groups in total. The first-order chi connectivity index (χ1) is 10.3. The molecule has 0 aliphatic carbocycles. The van der Waals surface area contributed by atoms with E-state index in [1.54, 1.807) is 0 Å². The number of alkyl halides is 3. The van der Waals surface area contributed by atoms with Crippen LogP contribution in [0.5, 0.6) is 5.75 Å². The molecule has 0 radical (unpaired) electrons. The van der Waals surface area contributed by atoms with Gasteiger partial charge in [-0.3, -0.25) is 4.79 Å². The highest BCUT2D eigenvalue weighted by Gasteiger charge is 2.30. The first-order valence-corrected chi connectivity index (χ1v) is 6.13. The highest BCUT2D eigenvalue weighted by molar-refractivity contribution is 6.06. The quantitative estimate of drug-likeness (QED) is 0.866. The molecule has 116 valence electrons. The number of amides is 1. The van der Waals surface area contributed by atoms with Gasteiger partial charge < -0.3 is 10.1 Å². The Kier molecular flexibility index (Phi) is 4.35. The number of halogens is 4. The van der Waals surface area contributed by atoms with Crippen molar-refractivity contribution in [3.63, 3.8) is 0 Å².